The van der Waals surface area contributed by atoms with Gasteiger partial charge in [0.1, 0.15) is 0 Å². The molecule has 0 saturated carbocycles. The number of fused-ring (bicyclic) bond motifs is 1. The Hall–Kier alpha value is -0.620. The van der Waals surface area contributed by atoms with Gasteiger partial charge in [-0.25, -0.2) is 0 Å². The zero-order valence-corrected chi connectivity index (χ0v) is 11.1. The van der Waals surface area contributed by atoms with E-state index < -0.39 is 5.51 Å². The van der Waals surface area contributed by atoms with Crippen molar-refractivity contribution < 1.29 is 13.2 Å². The maximum absolute atomic E-state index is 12.0. The highest BCUT2D eigenvalue weighted by molar-refractivity contribution is 9.10. The van der Waals surface area contributed by atoms with Gasteiger partial charge in [-0.2, -0.15) is 13.2 Å². The Kier molecular flexibility index (Phi) is 3.73. The summed E-state index contributed by atoms with van der Waals surface area (Å²) in [6, 6.07) is 7.66. The molecule has 2 rings (SSSR count). The molecule has 0 fully saturated rings. The molecule has 0 radical (unpaired) electrons. The third kappa shape index (κ3) is 3.42. The molecule has 0 atom stereocenters. The summed E-state index contributed by atoms with van der Waals surface area (Å²) in [5.74, 6) is 0.0276. The largest absolute Gasteiger partial charge is 0.441 e. The van der Waals surface area contributed by atoms with Crippen LogP contribution >= 0.6 is 27.7 Å². The summed E-state index contributed by atoms with van der Waals surface area (Å²) < 4.78 is 38.8. The summed E-state index contributed by atoms with van der Waals surface area (Å²) in [5, 5.41) is 1.03. The lowest BCUT2D eigenvalue weighted by atomic mass is 10.2. The van der Waals surface area contributed by atoms with Gasteiger partial charge in [0.2, 0.25) is 0 Å². The van der Waals surface area contributed by atoms with Crippen molar-refractivity contribution in [3.05, 3.63) is 34.9 Å². The third-order valence-electron chi connectivity index (χ3n) is 2.33. The van der Waals surface area contributed by atoms with Crippen molar-refractivity contribution in [2.75, 3.05) is 5.75 Å². The molecule has 0 aliphatic rings. The molecule has 0 aliphatic carbocycles. The van der Waals surface area contributed by atoms with E-state index in [0.717, 1.165) is 15.4 Å². The Morgan fingerprint density at radius 1 is 1.24 bits per heavy atom. The SMILES string of the molecule is FC(F)(F)SCCn1ccc2ccc(Br)cc21. The van der Waals surface area contributed by atoms with Crippen LogP contribution in [-0.4, -0.2) is 15.8 Å². The zero-order chi connectivity index (χ0) is 12.5. The number of rotatable bonds is 3. The van der Waals surface area contributed by atoms with Gasteiger partial charge in [-0.15, -0.1) is 0 Å². The van der Waals surface area contributed by atoms with Crippen LogP contribution in [0.25, 0.3) is 10.9 Å². The molecule has 0 aliphatic heterocycles. The van der Waals surface area contributed by atoms with Gasteiger partial charge in [-0.05, 0) is 35.3 Å². The van der Waals surface area contributed by atoms with E-state index in [1.54, 1.807) is 0 Å². The fourth-order valence-corrected chi connectivity index (χ4v) is 2.48. The number of thioether (sulfide) groups is 1. The van der Waals surface area contributed by atoms with Crippen molar-refractivity contribution in [1.29, 1.82) is 0 Å². The maximum Gasteiger partial charge on any atom is 0.441 e. The molecule has 2 aromatic rings. The van der Waals surface area contributed by atoms with Gasteiger partial charge in [0.15, 0.2) is 0 Å². The summed E-state index contributed by atoms with van der Waals surface area (Å²) in [4.78, 5) is 0. The maximum atomic E-state index is 12.0. The first kappa shape index (κ1) is 12.8. The standard InChI is InChI=1S/C11H9BrF3NS/c12-9-2-1-8-3-4-16(10(8)7-9)5-6-17-11(13,14)15/h1-4,7H,5-6H2. The van der Waals surface area contributed by atoms with E-state index in [2.05, 4.69) is 15.9 Å². The molecule has 17 heavy (non-hydrogen) atoms. The predicted molar refractivity (Wildman–Crippen MR) is 68.2 cm³/mol. The fourth-order valence-electron chi connectivity index (χ4n) is 1.61. The predicted octanol–water partition coefficient (Wildman–Crippen LogP) is 4.66. The van der Waals surface area contributed by atoms with Crippen LogP contribution in [0.5, 0.6) is 0 Å². The van der Waals surface area contributed by atoms with Gasteiger partial charge < -0.3 is 4.57 Å². The molecule has 0 saturated heterocycles. The van der Waals surface area contributed by atoms with Gasteiger partial charge in [-0.3, -0.25) is 0 Å². The molecule has 1 aromatic carbocycles. The second kappa shape index (κ2) is 4.94. The van der Waals surface area contributed by atoms with Crippen molar-refractivity contribution in [3.8, 4) is 0 Å². The van der Waals surface area contributed by atoms with Crippen LogP contribution in [0.1, 0.15) is 0 Å². The number of nitrogens with zero attached hydrogens (tertiary/aromatic N) is 1. The first-order valence-corrected chi connectivity index (χ1v) is 6.69. The highest BCUT2D eigenvalue weighted by atomic mass is 79.9. The van der Waals surface area contributed by atoms with Crippen molar-refractivity contribution in [2.24, 2.45) is 0 Å². The Balaban J connectivity index is 2.11. The van der Waals surface area contributed by atoms with Crippen molar-refractivity contribution in [2.45, 2.75) is 12.1 Å². The van der Waals surface area contributed by atoms with Crippen LogP contribution in [0, 0.1) is 0 Å². The Morgan fingerprint density at radius 3 is 2.71 bits per heavy atom. The second-order valence-electron chi connectivity index (χ2n) is 3.51. The normalized spacial score (nSPS) is 12.2. The lowest BCUT2D eigenvalue weighted by molar-refractivity contribution is -0.0328. The van der Waals surface area contributed by atoms with Crippen LogP contribution < -0.4 is 0 Å². The van der Waals surface area contributed by atoms with E-state index in [4.69, 9.17) is 0 Å². The number of hydrogen-bond acceptors (Lipinski definition) is 1. The molecule has 0 N–H and O–H groups in total. The van der Waals surface area contributed by atoms with E-state index >= 15 is 0 Å². The molecule has 92 valence electrons. The Morgan fingerprint density at radius 2 is 2.00 bits per heavy atom. The van der Waals surface area contributed by atoms with E-state index in [0.29, 0.717) is 6.54 Å². The minimum Gasteiger partial charge on any atom is -0.347 e. The summed E-state index contributed by atoms with van der Waals surface area (Å²) in [5.41, 5.74) is -3.20. The number of aromatic nitrogens is 1. The number of aryl methyl sites for hydroxylation is 1. The minimum atomic E-state index is -4.15. The molecule has 1 heterocycles. The lowest BCUT2D eigenvalue weighted by Gasteiger charge is -2.07. The minimum absolute atomic E-state index is 0.0120. The number of halogens is 4. The topological polar surface area (TPSA) is 4.93 Å². The quantitative estimate of drug-likeness (QED) is 0.795. The molecule has 0 amide bonds. The average molecular weight is 324 g/mol. The van der Waals surface area contributed by atoms with Gasteiger partial charge in [0, 0.05) is 28.5 Å². The monoisotopic (exact) mass is 323 g/mol. The van der Waals surface area contributed by atoms with E-state index in [-0.39, 0.29) is 17.5 Å². The van der Waals surface area contributed by atoms with Crippen LogP contribution in [0.2, 0.25) is 0 Å². The molecular formula is C11H9BrF3NS. The Bertz CT molecular complexity index is 521. The van der Waals surface area contributed by atoms with Crippen LogP contribution in [-0.2, 0) is 6.54 Å². The summed E-state index contributed by atoms with van der Waals surface area (Å²) in [6.45, 7) is 0.351. The third-order valence-corrected chi connectivity index (χ3v) is 3.54. The number of benzene rings is 1. The molecular weight excluding hydrogens is 315 g/mol. The molecule has 1 aromatic heterocycles. The smallest absolute Gasteiger partial charge is 0.347 e. The van der Waals surface area contributed by atoms with Gasteiger partial charge in [0.05, 0.1) is 0 Å². The van der Waals surface area contributed by atoms with Crippen LogP contribution in [0.15, 0.2) is 34.9 Å². The summed E-state index contributed by atoms with van der Waals surface area (Å²) in [6.07, 6.45) is 1.81. The highest BCUT2D eigenvalue weighted by Gasteiger charge is 2.27. The lowest BCUT2D eigenvalue weighted by Crippen LogP contribution is -2.06. The van der Waals surface area contributed by atoms with Crippen LogP contribution in [0.3, 0.4) is 0 Å². The fraction of sp³-hybridized carbons (Fsp3) is 0.273. The number of alkyl halides is 3. The van der Waals surface area contributed by atoms with E-state index in [1.807, 2.05) is 35.0 Å². The first-order valence-electron chi connectivity index (χ1n) is 4.91. The molecule has 0 bridgehead atoms. The highest BCUT2D eigenvalue weighted by Crippen LogP contribution is 2.30. The summed E-state index contributed by atoms with van der Waals surface area (Å²) in [7, 11) is 0. The molecule has 0 spiro atoms. The van der Waals surface area contributed by atoms with E-state index in [1.165, 1.54) is 0 Å². The van der Waals surface area contributed by atoms with Crippen molar-refractivity contribution >= 4 is 38.6 Å². The van der Waals surface area contributed by atoms with Gasteiger partial charge >= 0.3 is 5.51 Å². The van der Waals surface area contributed by atoms with Gasteiger partial charge in [-0.1, -0.05) is 22.0 Å². The van der Waals surface area contributed by atoms with Crippen molar-refractivity contribution in [3.63, 3.8) is 0 Å². The second-order valence-corrected chi connectivity index (χ2v) is 5.58. The van der Waals surface area contributed by atoms with Crippen LogP contribution in [0.4, 0.5) is 13.2 Å². The number of hydrogen-bond donors (Lipinski definition) is 0. The van der Waals surface area contributed by atoms with Crippen molar-refractivity contribution in [1.82, 2.24) is 4.57 Å². The molecule has 1 nitrogen and oxygen atoms in total. The molecule has 0 unspecified atom stereocenters. The summed E-state index contributed by atoms with van der Waals surface area (Å²) >= 11 is 3.36. The Labute approximate surface area is 109 Å². The molecule has 6 heteroatoms. The van der Waals surface area contributed by atoms with Gasteiger partial charge in [0.25, 0.3) is 0 Å². The average Bonchev–Trinajstić information content (AvgIpc) is 2.59. The first-order chi connectivity index (χ1) is 7.96. The zero-order valence-electron chi connectivity index (χ0n) is 8.67. The van der Waals surface area contributed by atoms with E-state index in [9.17, 15) is 13.2 Å².